The van der Waals surface area contributed by atoms with Gasteiger partial charge in [-0.05, 0) is 161 Å². The molecule has 3 heterocycles. The van der Waals surface area contributed by atoms with Gasteiger partial charge in [0.2, 0.25) is 0 Å². The van der Waals surface area contributed by atoms with Crippen molar-refractivity contribution in [3.05, 3.63) is 248 Å². The molecule has 0 saturated heterocycles. The summed E-state index contributed by atoms with van der Waals surface area (Å²) in [5.41, 5.74) is -6.43. The van der Waals surface area contributed by atoms with Crippen molar-refractivity contribution >= 4 is 155 Å². The van der Waals surface area contributed by atoms with Crippen LogP contribution in [-0.2, 0) is 0 Å². The zero-order valence-electron chi connectivity index (χ0n) is 70.3. The third-order valence-electron chi connectivity index (χ3n) is 12.8. The van der Waals surface area contributed by atoms with E-state index >= 15 is 0 Å². The molecule has 0 aliphatic rings. The number of rotatable bonds is 6. The highest BCUT2D eigenvalue weighted by Crippen LogP contribution is 2.50. The van der Waals surface area contributed by atoms with Crippen molar-refractivity contribution in [3.8, 4) is 33.4 Å². The van der Waals surface area contributed by atoms with E-state index < -0.39 is 259 Å². The van der Waals surface area contributed by atoms with Gasteiger partial charge < -0.3 is 4.90 Å². The molecule has 0 aliphatic carbocycles. The van der Waals surface area contributed by atoms with Gasteiger partial charge in [-0.15, -0.1) is 34.0 Å². The molecule has 0 amide bonds. The number of benzene rings is 13. The average Bonchev–Trinajstić information content (AvgIpc) is 1.67. The van der Waals surface area contributed by atoms with Gasteiger partial charge in [0.1, 0.15) is 0 Å². The van der Waals surface area contributed by atoms with E-state index in [2.05, 4.69) is 0 Å². The fourth-order valence-electron chi connectivity index (χ4n) is 9.64. The van der Waals surface area contributed by atoms with Crippen LogP contribution in [0.3, 0.4) is 0 Å². The number of nitrogens with zero attached hydrogens (tertiary/aromatic N) is 1. The minimum atomic E-state index is -1.17. The molecule has 0 N–H and O–H groups in total. The van der Waals surface area contributed by atoms with Crippen LogP contribution in [0.15, 0.2) is 248 Å². The Labute approximate surface area is 485 Å². The summed E-state index contributed by atoms with van der Waals surface area (Å²) < 4.78 is 315. The Morgan fingerprint density at radius 2 is 0.932 bits per heavy atom. The van der Waals surface area contributed by atoms with Crippen LogP contribution in [0.4, 0.5) is 17.1 Å². The summed E-state index contributed by atoms with van der Waals surface area (Å²) in [6, 6.07) is -15.0. The van der Waals surface area contributed by atoms with Crippen LogP contribution in [0.5, 0.6) is 0 Å². The van der Waals surface area contributed by atoms with Gasteiger partial charge in [-0.2, -0.15) is 0 Å². The molecule has 74 heavy (non-hydrogen) atoms. The molecule has 0 unspecified atom stereocenters. The van der Waals surface area contributed by atoms with Crippen LogP contribution in [0.2, 0.25) is 0 Å². The first-order valence-electron chi connectivity index (χ1n) is 39.0. The molecule has 16 rings (SSSR count). The number of hydrogen-bond acceptors (Lipinski definition) is 4. The van der Waals surface area contributed by atoms with Crippen LogP contribution in [0.1, 0.15) is 45.2 Å². The van der Waals surface area contributed by atoms with Crippen molar-refractivity contribution in [2.45, 2.75) is 0 Å². The molecule has 0 spiro atoms. The second kappa shape index (κ2) is 16.4. The lowest BCUT2D eigenvalue weighted by atomic mass is 9.86. The zero-order valence-corrected chi connectivity index (χ0v) is 39.7. The summed E-state index contributed by atoms with van der Waals surface area (Å²) in [7, 11) is 0. The van der Waals surface area contributed by atoms with Crippen molar-refractivity contribution in [1.29, 1.82) is 0 Å². The molecule has 0 bridgehead atoms. The Bertz CT molecular complexity index is 6970. The van der Waals surface area contributed by atoms with Crippen molar-refractivity contribution in [3.63, 3.8) is 0 Å². The lowest BCUT2D eigenvalue weighted by molar-refractivity contribution is 1.31. The van der Waals surface area contributed by atoms with E-state index in [-0.39, 0.29) is 89.7 Å². The molecule has 0 radical (unpaired) electrons. The maximum absolute atomic E-state index is 10.8. The molecule has 3 aromatic heterocycles. The summed E-state index contributed by atoms with van der Waals surface area (Å²) in [5.74, 6) is 0. The molecule has 1 nitrogen and oxygen atoms in total. The van der Waals surface area contributed by atoms with E-state index in [9.17, 15) is 28.8 Å². The third-order valence-corrected chi connectivity index (χ3v) is 16.0. The lowest BCUT2D eigenvalue weighted by Gasteiger charge is -2.27. The molecule has 0 fully saturated rings. The number of anilines is 3. The summed E-state index contributed by atoms with van der Waals surface area (Å²) in [6.45, 7) is 0. The number of thiophene rings is 3. The first kappa shape index (κ1) is 21.1. The van der Waals surface area contributed by atoms with E-state index in [1.54, 1.807) is 0 Å². The van der Waals surface area contributed by atoms with E-state index in [0.717, 1.165) is 45.8 Å². The Morgan fingerprint density at radius 1 is 0.297 bits per heavy atom. The van der Waals surface area contributed by atoms with Crippen LogP contribution in [0.25, 0.3) is 137 Å². The zero-order chi connectivity index (χ0) is 77.2. The smallest absolute Gasteiger partial charge is 0.0652 e. The molecule has 0 aliphatic heterocycles. The maximum Gasteiger partial charge on any atom is 0.0652 e. The summed E-state index contributed by atoms with van der Waals surface area (Å²) in [6.07, 6.45) is 0. The molecule has 0 saturated carbocycles. The van der Waals surface area contributed by atoms with Crippen LogP contribution < -0.4 is 4.90 Å². The van der Waals surface area contributed by atoms with Crippen molar-refractivity contribution < 1.29 is 45.2 Å². The highest BCUT2D eigenvalue weighted by molar-refractivity contribution is 7.27. The van der Waals surface area contributed by atoms with Gasteiger partial charge in [-0.1, -0.05) is 163 Å². The molecular formula is C70H41NS3. The summed E-state index contributed by atoms with van der Waals surface area (Å²) >= 11 is 2.31. The molecule has 16 aromatic rings. The van der Waals surface area contributed by atoms with Crippen molar-refractivity contribution in [1.82, 2.24) is 0 Å². The highest BCUT2D eigenvalue weighted by atomic mass is 32.1. The fraction of sp³-hybridized carbons (Fsp3) is 0. The number of fused-ring (bicyclic) bond motifs is 17. The quantitative estimate of drug-likeness (QED) is 0.150. The highest BCUT2D eigenvalue weighted by Gasteiger charge is 2.22. The predicted octanol–water partition coefficient (Wildman–Crippen LogP) is 21.9. The van der Waals surface area contributed by atoms with Gasteiger partial charge in [0, 0.05) is 71.9 Å². The molecule has 344 valence electrons. The minimum Gasteiger partial charge on any atom is -0.310 e. The Hall–Kier alpha value is -8.64. The van der Waals surface area contributed by atoms with Gasteiger partial charge in [0.15, 0.2) is 0 Å². The predicted molar refractivity (Wildman–Crippen MR) is 326 cm³/mol. The first-order chi connectivity index (χ1) is 50.4. The average molecular weight is 1030 g/mol. The maximum atomic E-state index is 10.8. The van der Waals surface area contributed by atoms with E-state index in [4.69, 9.17) is 16.4 Å². The third kappa shape index (κ3) is 6.39. The van der Waals surface area contributed by atoms with Gasteiger partial charge in [-0.3, -0.25) is 0 Å². The van der Waals surface area contributed by atoms with Gasteiger partial charge in [0.05, 0.1) is 50.9 Å². The summed E-state index contributed by atoms with van der Waals surface area (Å²) in [5, 5.41) is -4.62. The molecular weight excluding hydrogens is 951 g/mol. The Balaban J connectivity index is 1.13. The van der Waals surface area contributed by atoms with Gasteiger partial charge in [0.25, 0.3) is 0 Å². The summed E-state index contributed by atoms with van der Waals surface area (Å²) in [4.78, 5) is 0.883. The van der Waals surface area contributed by atoms with E-state index in [1.165, 1.54) is 30.3 Å². The second-order valence-corrected chi connectivity index (χ2v) is 19.9. The monoisotopic (exact) mass is 1020 g/mol. The van der Waals surface area contributed by atoms with Crippen LogP contribution >= 0.6 is 34.0 Å². The van der Waals surface area contributed by atoms with Crippen LogP contribution in [-0.4, -0.2) is 0 Å². The normalized spacial score (nSPS) is 18.3. The second-order valence-electron chi connectivity index (χ2n) is 16.8. The van der Waals surface area contributed by atoms with E-state index in [0.29, 0.717) is 16.0 Å². The van der Waals surface area contributed by atoms with E-state index in [1.807, 2.05) is 0 Å². The van der Waals surface area contributed by atoms with Crippen molar-refractivity contribution in [2.24, 2.45) is 0 Å². The molecule has 4 heteroatoms. The topological polar surface area (TPSA) is 3.24 Å². The fourth-order valence-corrected chi connectivity index (χ4v) is 12.7. The van der Waals surface area contributed by atoms with Crippen LogP contribution in [0, 0.1) is 0 Å². The standard InChI is InChI=1S/C70H41NS3/c1-2-15-42(16-3-1)57-37-44-17-4-5-18-48(44)70-68(57)61-38-45(31-35-66(61)74-70)56-41-59-52-22-9-7-20-50(52)49-19-6-8-21-51(49)58(59)40-55(56)43-29-32-46(33-30-43)71(47-34-36-65-60(39-47)53-23-10-12-26-63(53)72-65)62-25-14-28-67-69(62)54-24-11-13-27-64(54)73-67/h1-41H/i1D,2D,5D,6D,7D,9D,10D,11D,13D,15D,16D,17D,18D,19D,20D,22D,23D,24D,27D,28D,29D,30D,31D,32D,33D,34D,35D,36D,37D,38D,39D,40D,41D. The Morgan fingerprint density at radius 3 is 1.84 bits per heavy atom. The SMILES string of the molecule is [2H]c1cc([2H])c(-c2c([2H])c3c([2H])cc([2H])c([2H])c3c3sc4c([2H])c([2H])c(-c5c(-c6c([2H])c([2H])c(N(c7c([2H])c([2H])c8sc9ccc([2H])c([2H])c9c8c7[2H])c7ccc([2H])c8sc9c([2H])c([2H])c([2H])c([2H])c9c78)c([2H])c6[2H])c([2H])c6c7ccc([2H])c([2H])c7c7c([2H])c([2H])c([2H])c([2H])c7c6c5[2H])c([2H])c4c23)c([2H])c1[2H]. The minimum absolute atomic E-state index is 0.0197. The van der Waals surface area contributed by atoms with Gasteiger partial charge >= 0.3 is 0 Å². The number of hydrogen-bond donors (Lipinski definition) is 0. The Kier molecular flexibility index (Phi) is 4.68. The largest absolute Gasteiger partial charge is 0.310 e. The van der Waals surface area contributed by atoms with Crippen molar-refractivity contribution in [2.75, 3.05) is 4.90 Å². The first-order valence-corrected chi connectivity index (χ1v) is 25.0. The lowest BCUT2D eigenvalue weighted by Crippen LogP contribution is -2.10. The van der Waals surface area contributed by atoms with Gasteiger partial charge in [-0.25, -0.2) is 0 Å². The molecule has 0 atom stereocenters. The molecule has 13 aromatic carbocycles.